The Morgan fingerprint density at radius 2 is 2.26 bits per heavy atom. The van der Waals surface area contributed by atoms with Crippen LogP contribution in [-0.4, -0.2) is 30.1 Å². The predicted molar refractivity (Wildman–Crippen MR) is 74.6 cm³/mol. The van der Waals surface area contributed by atoms with Gasteiger partial charge in [-0.2, -0.15) is 0 Å². The first-order chi connectivity index (χ1) is 9.10. The molecule has 0 radical (unpaired) electrons. The number of nitrogens with two attached hydrogens (primary N) is 1. The highest BCUT2D eigenvalue weighted by Gasteiger charge is 2.19. The number of carbonyl (C=O) groups is 1. The number of pyridine rings is 1. The lowest BCUT2D eigenvalue weighted by Crippen LogP contribution is -2.42. The summed E-state index contributed by atoms with van der Waals surface area (Å²) in [6, 6.07) is 1.61. The molecule has 6 heteroatoms. The van der Waals surface area contributed by atoms with E-state index >= 15 is 0 Å². The number of nitrogen functional groups attached to an aromatic ring is 1. The lowest BCUT2D eigenvalue weighted by Gasteiger charge is -2.22. The number of aromatic nitrogens is 1. The summed E-state index contributed by atoms with van der Waals surface area (Å²) in [5, 5.41) is 2.94. The molecule has 0 bridgehead atoms. The fourth-order valence-electron chi connectivity index (χ4n) is 1.59. The number of amides is 1. The fourth-order valence-corrected chi connectivity index (χ4v) is 1.59. The number of nitrogens with one attached hydrogen (secondary N) is 2. The molecule has 1 rings (SSSR count). The highest BCUT2D eigenvalue weighted by molar-refractivity contribution is 5.99. The molecule has 0 spiro atoms. The van der Waals surface area contributed by atoms with E-state index in [-0.39, 0.29) is 17.9 Å². The summed E-state index contributed by atoms with van der Waals surface area (Å²) in [5.74, 6) is 5.45. The van der Waals surface area contributed by atoms with Crippen molar-refractivity contribution in [2.75, 3.05) is 18.6 Å². The highest BCUT2D eigenvalue weighted by Crippen LogP contribution is 2.13. The third-order valence-electron chi connectivity index (χ3n) is 2.84. The van der Waals surface area contributed by atoms with Crippen LogP contribution in [-0.2, 0) is 4.74 Å². The first-order valence-electron chi connectivity index (χ1n) is 6.39. The zero-order chi connectivity index (χ0) is 14.3. The Morgan fingerprint density at radius 3 is 2.84 bits per heavy atom. The van der Waals surface area contributed by atoms with Gasteiger partial charge in [0.25, 0.3) is 5.91 Å². The summed E-state index contributed by atoms with van der Waals surface area (Å²) in [6.45, 7) is 7.12. The number of ether oxygens (including phenoxy) is 1. The van der Waals surface area contributed by atoms with Crippen molar-refractivity contribution in [1.82, 2.24) is 10.3 Å². The number of anilines is 1. The van der Waals surface area contributed by atoms with Crippen LogP contribution in [0.4, 0.5) is 5.69 Å². The van der Waals surface area contributed by atoms with E-state index in [1.807, 2.05) is 20.8 Å². The molecular formula is C13H22N4O2. The van der Waals surface area contributed by atoms with Gasteiger partial charge in [0.2, 0.25) is 0 Å². The van der Waals surface area contributed by atoms with Crippen LogP contribution in [0.5, 0.6) is 0 Å². The summed E-state index contributed by atoms with van der Waals surface area (Å²) in [6.07, 6.45) is 3.06. The molecular weight excluding hydrogens is 244 g/mol. The van der Waals surface area contributed by atoms with Crippen molar-refractivity contribution in [3.8, 4) is 0 Å². The number of hydrazine groups is 1. The van der Waals surface area contributed by atoms with Crippen LogP contribution in [0.25, 0.3) is 0 Å². The molecule has 1 unspecified atom stereocenters. The molecule has 0 aliphatic heterocycles. The van der Waals surface area contributed by atoms with E-state index in [4.69, 9.17) is 10.6 Å². The SMILES string of the molecule is CCOCC(NC(=O)c1cnccc1NN)C(C)C. The van der Waals surface area contributed by atoms with Gasteiger partial charge in [-0.25, -0.2) is 0 Å². The molecule has 1 aromatic rings. The Labute approximate surface area is 113 Å². The summed E-state index contributed by atoms with van der Waals surface area (Å²) >= 11 is 0. The minimum Gasteiger partial charge on any atom is -0.380 e. The van der Waals surface area contributed by atoms with Gasteiger partial charge in [-0.15, -0.1) is 0 Å². The van der Waals surface area contributed by atoms with E-state index in [1.165, 1.54) is 6.20 Å². The van der Waals surface area contributed by atoms with Crippen molar-refractivity contribution in [2.24, 2.45) is 11.8 Å². The molecule has 1 aromatic heterocycles. The maximum absolute atomic E-state index is 12.2. The smallest absolute Gasteiger partial charge is 0.255 e. The number of hydrogen-bond acceptors (Lipinski definition) is 5. The summed E-state index contributed by atoms with van der Waals surface area (Å²) in [4.78, 5) is 16.1. The molecule has 1 heterocycles. The van der Waals surface area contributed by atoms with Crippen molar-refractivity contribution in [3.05, 3.63) is 24.0 Å². The average Bonchev–Trinajstić information content (AvgIpc) is 2.42. The van der Waals surface area contributed by atoms with Crippen molar-refractivity contribution in [1.29, 1.82) is 0 Å². The van der Waals surface area contributed by atoms with Gasteiger partial charge >= 0.3 is 0 Å². The number of rotatable bonds is 7. The maximum atomic E-state index is 12.2. The first kappa shape index (κ1) is 15.4. The van der Waals surface area contributed by atoms with Crippen LogP contribution in [0.2, 0.25) is 0 Å². The summed E-state index contributed by atoms with van der Waals surface area (Å²) in [7, 11) is 0. The van der Waals surface area contributed by atoms with Gasteiger partial charge in [-0.3, -0.25) is 15.6 Å². The van der Waals surface area contributed by atoms with Gasteiger partial charge in [0, 0.05) is 19.0 Å². The van der Waals surface area contributed by atoms with Gasteiger partial charge in [0.1, 0.15) is 0 Å². The second-order valence-electron chi connectivity index (χ2n) is 4.55. The quantitative estimate of drug-likeness (QED) is 0.509. The molecule has 106 valence electrons. The van der Waals surface area contributed by atoms with E-state index in [9.17, 15) is 4.79 Å². The largest absolute Gasteiger partial charge is 0.380 e. The van der Waals surface area contributed by atoms with Crippen LogP contribution in [0, 0.1) is 5.92 Å². The van der Waals surface area contributed by atoms with Crippen LogP contribution in [0.15, 0.2) is 18.5 Å². The first-order valence-corrected chi connectivity index (χ1v) is 6.39. The average molecular weight is 266 g/mol. The van der Waals surface area contributed by atoms with E-state index in [0.29, 0.717) is 24.5 Å². The van der Waals surface area contributed by atoms with Crippen LogP contribution in [0.1, 0.15) is 31.1 Å². The number of carbonyl (C=O) groups excluding carboxylic acids is 1. The van der Waals surface area contributed by atoms with E-state index < -0.39 is 0 Å². The third-order valence-corrected chi connectivity index (χ3v) is 2.84. The molecule has 4 N–H and O–H groups in total. The van der Waals surface area contributed by atoms with E-state index in [2.05, 4.69) is 15.7 Å². The lowest BCUT2D eigenvalue weighted by atomic mass is 10.0. The second kappa shape index (κ2) is 7.70. The molecule has 0 fully saturated rings. The Hall–Kier alpha value is -1.66. The zero-order valence-corrected chi connectivity index (χ0v) is 11.6. The van der Waals surface area contributed by atoms with Gasteiger partial charge in [0.05, 0.1) is 23.9 Å². The summed E-state index contributed by atoms with van der Waals surface area (Å²) in [5.41, 5.74) is 3.46. The highest BCUT2D eigenvalue weighted by atomic mass is 16.5. The minimum absolute atomic E-state index is 0.0433. The zero-order valence-electron chi connectivity index (χ0n) is 11.6. The molecule has 19 heavy (non-hydrogen) atoms. The van der Waals surface area contributed by atoms with Crippen molar-refractivity contribution in [2.45, 2.75) is 26.8 Å². The molecule has 6 nitrogen and oxygen atoms in total. The standard InChI is InChI=1S/C13H22N4O2/c1-4-19-8-12(9(2)3)16-13(18)10-7-15-6-5-11(10)17-14/h5-7,9,12H,4,8,14H2,1-3H3,(H,15,17)(H,16,18). The Bertz CT molecular complexity index is 409. The lowest BCUT2D eigenvalue weighted by molar-refractivity contribution is 0.0806. The van der Waals surface area contributed by atoms with Crippen LogP contribution >= 0.6 is 0 Å². The van der Waals surface area contributed by atoms with Crippen LogP contribution < -0.4 is 16.6 Å². The molecule has 0 saturated carbocycles. The molecule has 0 aromatic carbocycles. The number of hydrogen-bond donors (Lipinski definition) is 3. The fraction of sp³-hybridized carbons (Fsp3) is 0.538. The van der Waals surface area contributed by atoms with Gasteiger partial charge in [-0.05, 0) is 18.9 Å². The molecule has 0 aliphatic carbocycles. The van der Waals surface area contributed by atoms with Gasteiger partial charge < -0.3 is 15.5 Å². The third kappa shape index (κ3) is 4.50. The normalized spacial score (nSPS) is 12.3. The summed E-state index contributed by atoms with van der Waals surface area (Å²) < 4.78 is 5.38. The van der Waals surface area contributed by atoms with Crippen molar-refractivity contribution < 1.29 is 9.53 Å². The molecule has 0 saturated heterocycles. The van der Waals surface area contributed by atoms with Crippen molar-refractivity contribution in [3.63, 3.8) is 0 Å². The minimum atomic E-state index is -0.209. The molecule has 0 aliphatic rings. The van der Waals surface area contributed by atoms with Gasteiger partial charge in [0.15, 0.2) is 0 Å². The Kier molecular flexibility index (Phi) is 6.24. The van der Waals surface area contributed by atoms with Gasteiger partial charge in [-0.1, -0.05) is 13.8 Å². The topological polar surface area (TPSA) is 89.3 Å². The second-order valence-corrected chi connectivity index (χ2v) is 4.55. The van der Waals surface area contributed by atoms with E-state index in [1.54, 1.807) is 12.3 Å². The molecule has 1 atom stereocenters. The Morgan fingerprint density at radius 1 is 1.53 bits per heavy atom. The maximum Gasteiger partial charge on any atom is 0.255 e. The molecule has 1 amide bonds. The Balaban J connectivity index is 2.76. The predicted octanol–water partition coefficient (Wildman–Crippen LogP) is 1.16. The number of nitrogens with zero attached hydrogens (tertiary/aromatic N) is 1. The van der Waals surface area contributed by atoms with Crippen molar-refractivity contribution >= 4 is 11.6 Å². The van der Waals surface area contributed by atoms with Crippen LogP contribution in [0.3, 0.4) is 0 Å². The monoisotopic (exact) mass is 266 g/mol. The van der Waals surface area contributed by atoms with E-state index in [0.717, 1.165) is 0 Å².